The molecular weight excluding hydrogens is 266 g/mol. The zero-order valence-corrected chi connectivity index (χ0v) is 13.0. The smallest absolute Gasteiger partial charge is 0.303 e. The lowest BCUT2D eigenvalue weighted by molar-refractivity contribution is -0.137. The van der Waals surface area contributed by atoms with E-state index in [2.05, 4.69) is 5.32 Å². The predicted octanol–water partition coefficient (Wildman–Crippen LogP) is 3.39. The number of nitrogens with one attached hydrogen (secondary N) is 1. The Kier molecular flexibility index (Phi) is 6.92. The Balaban J connectivity index is 2.44. The largest absolute Gasteiger partial charge is 0.481 e. The molecule has 0 aliphatic rings. The van der Waals surface area contributed by atoms with Crippen LogP contribution in [0.25, 0.3) is 0 Å². The Hall–Kier alpha value is -1.84. The molecule has 1 rings (SSSR count). The summed E-state index contributed by atoms with van der Waals surface area (Å²) < 4.78 is 0. The van der Waals surface area contributed by atoms with Gasteiger partial charge < -0.3 is 10.4 Å². The van der Waals surface area contributed by atoms with Crippen molar-refractivity contribution in [2.24, 2.45) is 11.8 Å². The van der Waals surface area contributed by atoms with Gasteiger partial charge in [-0.2, -0.15) is 0 Å². The Morgan fingerprint density at radius 1 is 1.14 bits per heavy atom. The number of hydrogen-bond acceptors (Lipinski definition) is 2. The Bertz CT molecular complexity index is 458. The molecule has 1 aromatic rings. The van der Waals surface area contributed by atoms with E-state index in [9.17, 15) is 9.59 Å². The first kappa shape index (κ1) is 17.2. The van der Waals surface area contributed by atoms with Crippen molar-refractivity contribution in [3.05, 3.63) is 35.9 Å². The monoisotopic (exact) mass is 291 g/mol. The number of carboxylic acids is 1. The van der Waals surface area contributed by atoms with Crippen LogP contribution in [0.1, 0.15) is 51.6 Å². The molecule has 1 amide bonds. The van der Waals surface area contributed by atoms with Crippen LogP contribution in [-0.2, 0) is 9.59 Å². The predicted molar refractivity (Wildman–Crippen MR) is 82.8 cm³/mol. The van der Waals surface area contributed by atoms with Gasteiger partial charge in [0.15, 0.2) is 0 Å². The van der Waals surface area contributed by atoms with Gasteiger partial charge in [0.2, 0.25) is 5.91 Å². The van der Waals surface area contributed by atoms with Crippen LogP contribution in [0.3, 0.4) is 0 Å². The maximum absolute atomic E-state index is 12.2. The summed E-state index contributed by atoms with van der Waals surface area (Å²) in [6.07, 6.45) is 1.53. The van der Waals surface area contributed by atoms with E-state index in [1.807, 2.05) is 51.1 Å². The maximum atomic E-state index is 12.2. The Morgan fingerprint density at radius 3 is 2.33 bits per heavy atom. The van der Waals surface area contributed by atoms with Gasteiger partial charge in [0, 0.05) is 12.3 Å². The summed E-state index contributed by atoms with van der Waals surface area (Å²) in [6.45, 7) is 5.87. The standard InChI is InChI=1S/C17H25NO3/c1-12(8-7-11-16(19)20)13(2)17(21)18-14(3)15-9-5-4-6-10-15/h4-6,9-10,12-14H,7-8,11H2,1-3H3,(H,18,21)(H,19,20)/t12?,13?,14-/m0/s1. The molecule has 0 heterocycles. The van der Waals surface area contributed by atoms with Gasteiger partial charge in [0.25, 0.3) is 0 Å². The van der Waals surface area contributed by atoms with Gasteiger partial charge in [0.05, 0.1) is 6.04 Å². The van der Waals surface area contributed by atoms with E-state index in [-0.39, 0.29) is 30.2 Å². The molecule has 4 heteroatoms. The first-order valence-electron chi connectivity index (χ1n) is 7.49. The Labute approximate surface area is 126 Å². The molecule has 2 unspecified atom stereocenters. The van der Waals surface area contributed by atoms with Crippen molar-refractivity contribution in [3.63, 3.8) is 0 Å². The summed E-state index contributed by atoms with van der Waals surface area (Å²) in [5.74, 6) is -0.705. The number of aliphatic carboxylic acids is 1. The van der Waals surface area contributed by atoms with E-state index in [4.69, 9.17) is 5.11 Å². The van der Waals surface area contributed by atoms with Crippen molar-refractivity contribution in [1.82, 2.24) is 5.32 Å². The Morgan fingerprint density at radius 2 is 1.76 bits per heavy atom. The number of carboxylic acid groups (broad SMARTS) is 1. The van der Waals surface area contributed by atoms with Gasteiger partial charge in [0.1, 0.15) is 0 Å². The quantitative estimate of drug-likeness (QED) is 0.771. The van der Waals surface area contributed by atoms with Crippen molar-refractivity contribution in [2.45, 2.75) is 46.1 Å². The zero-order valence-electron chi connectivity index (χ0n) is 13.0. The van der Waals surface area contributed by atoms with Gasteiger partial charge in [-0.15, -0.1) is 0 Å². The van der Waals surface area contributed by atoms with Crippen molar-refractivity contribution in [2.75, 3.05) is 0 Å². The second-order valence-electron chi connectivity index (χ2n) is 5.69. The molecule has 0 bridgehead atoms. The number of benzene rings is 1. The molecule has 0 aliphatic carbocycles. The average Bonchev–Trinajstić information content (AvgIpc) is 2.46. The molecule has 0 saturated carbocycles. The van der Waals surface area contributed by atoms with Crippen molar-refractivity contribution in [1.29, 1.82) is 0 Å². The summed E-state index contributed by atoms with van der Waals surface area (Å²) in [7, 11) is 0. The highest BCUT2D eigenvalue weighted by Crippen LogP contribution is 2.20. The minimum Gasteiger partial charge on any atom is -0.481 e. The number of amides is 1. The molecule has 0 saturated heterocycles. The van der Waals surface area contributed by atoms with Gasteiger partial charge >= 0.3 is 5.97 Å². The lowest BCUT2D eigenvalue weighted by Crippen LogP contribution is -2.34. The van der Waals surface area contributed by atoms with E-state index < -0.39 is 5.97 Å². The fourth-order valence-electron chi connectivity index (χ4n) is 2.25. The van der Waals surface area contributed by atoms with E-state index in [0.29, 0.717) is 6.42 Å². The van der Waals surface area contributed by atoms with Crippen LogP contribution in [0.5, 0.6) is 0 Å². The van der Waals surface area contributed by atoms with Crippen LogP contribution in [0, 0.1) is 11.8 Å². The van der Waals surface area contributed by atoms with Crippen molar-refractivity contribution < 1.29 is 14.7 Å². The van der Waals surface area contributed by atoms with Crippen LogP contribution < -0.4 is 5.32 Å². The third-order valence-corrected chi connectivity index (χ3v) is 3.98. The molecule has 1 aromatic carbocycles. The number of hydrogen-bond donors (Lipinski definition) is 2. The normalized spacial score (nSPS) is 15.0. The molecule has 3 atom stereocenters. The van der Waals surface area contributed by atoms with E-state index in [0.717, 1.165) is 12.0 Å². The molecule has 0 spiro atoms. The topological polar surface area (TPSA) is 66.4 Å². The van der Waals surface area contributed by atoms with E-state index in [1.165, 1.54) is 0 Å². The zero-order chi connectivity index (χ0) is 15.8. The number of carbonyl (C=O) groups excluding carboxylic acids is 1. The van der Waals surface area contributed by atoms with Gasteiger partial charge in [-0.25, -0.2) is 0 Å². The molecule has 4 nitrogen and oxygen atoms in total. The second-order valence-corrected chi connectivity index (χ2v) is 5.69. The van der Waals surface area contributed by atoms with Gasteiger partial charge in [-0.3, -0.25) is 9.59 Å². The van der Waals surface area contributed by atoms with Crippen LogP contribution in [0.15, 0.2) is 30.3 Å². The summed E-state index contributed by atoms with van der Waals surface area (Å²) in [5.41, 5.74) is 1.08. The second kappa shape index (κ2) is 8.45. The molecule has 2 N–H and O–H groups in total. The van der Waals surface area contributed by atoms with Gasteiger partial charge in [-0.1, -0.05) is 44.2 Å². The first-order valence-corrected chi connectivity index (χ1v) is 7.49. The van der Waals surface area contributed by atoms with E-state index in [1.54, 1.807) is 0 Å². The van der Waals surface area contributed by atoms with Crippen LogP contribution in [0.2, 0.25) is 0 Å². The SMILES string of the molecule is CC(CCCC(=O)O)C(C)C(=O)N[C@@H](C)c1ccccc1. The molecule has 0 fully saturated rings. The molecule has 116 valence electrons. The minimum absolute atomic E-state index is 0.0210. The van der Waals surface area contributed by atoms with E-state index >= 15 is 0 Å². The van der Waals surface area contributed by atoms with Crippen LogP contribution in [0.4, 0.5) is 0 Å². The lowest BCUT2D eigenvalue weighted by Gasteiger charge is -2.22. The minimum atomic E-state index is -0.781. The van der Waals surface area contributed by atoms with Crippen LogP contribution in [-0.4, -0.2) is 17.0 Å². The fraction of sp³-hybridized carbons (Fsp3) is 0.529. The first-order chi connectivity index (χ1) is 9.91. The van der Waals surface area contributed by atoms with Crippen LogP contribution >= 0.6 is 0 Å². The third kappa shape index (κ3) is 5.98. The molecule has 21 heavy (non-hydrogen) atoms. The summed E-state index contributed by atoms with van der Waals surface area (Å²) >= 11 is 0. The van der Waals surface area contributed by atoms with Gasteiger partial charge in [-0.05, 0) is 31.2 Å². The molecule has 0 aromatic heterocycles. The molecule has 0 radical (unpaired) electrons. The third-order valence-electron chi connectivity index (χ3n) is 3.98. The molecule has 0 aliphatic heterocycles. The maximum Gasteiger partial charge on any atom is 0.303 e. The average molecular weight is 291 g/mol. The summed E-state index contributed by atoms with van der Waals surface area (Å²) in [5, 5.41) is 11.7. The number of carbonyl (C=O) groups is 2. The highest BCUT2D eigenvalue weighted by atomic mass is 16.4. The molecular formula is C17H25NO3. The lowest BCUT2D eigenvalue weighted by atomic mass is 9.90. The summed E-state index contributed by atoms with van der Waals surface area (Å²) in [4.78, 5) is 22.7. The fourth-order valence-corrected chi connectivity index (χ4v) is 2.25. The highest BCUT2D eigenvalue weighted by molar-refractivity contribution is 5.79. The van der Waals surface area contributed by atoms with Crippen molar-refractivity contribution in [3.8, 4) is 0 Å². The van der Waals surface area contributed by atoms with Crippen molar-refractivity contribution >= 4 is 11.9 Å². The summed E-state index contributed by atoms with van der Waals surface area (Å²) in [6, 6.07) is 9.82. The number of rotatable bonds is 8. The highest BCUT2D eigenvalue weighted by Gasteiger charge is 2.21.